The number of fused-ring (bicyclic) bond motifs is 1. The predicted molar refractivity (Wildman–Crippen MR) is 94.0 cm³/mol. The fraction of sp³-hybridized carbons (Fsp3) is 0.368. The summed E-state index contributed by atoms with van der Waals surface area (Å²) < 4.78 is 11.0. The first kappa shape index (κ1) is 15.9. The van der Waals surface area contributed by atoms with Gasteiger partial charge in [0.05, 0.1) is 31.4 Å². The van der Waals surface area contributed by atoms with Crippen molar-refractivity contribution in [2.45, 2.75) is 12.5 Å². The van der Waals surface area contributed by atoms with Crippen molar-refractivity contribution in [3.8, 4) is 5.75 Å². The molecule has 130 valence electrons. The minimum absolute atomic E-state index is 0.0311. The lowest BCUT2D eigenvalue weighted by molar-refractivity contribution is 0.0924. The van der Waals surface area contributed by atoms with Gasteiger partial charge in [-0.15, -0.1) is 0 Å². The molecule has 1 aromatic heterocycles. The van der Waals surface area contributed by atoms with Crippen LogP contribution in [0.25, 0.3) is 0 Å². The quantitative estimate of drug-likeness (QED) is 0.928. The second-order valence-electron chi connectivity index (χ2n) is 6.21. The van der Waals surface area contributed by atoms with E-state index in [9.17, 15) is 4.79 Å². The third-order valence-electron chi connectivity index (χ3n) is 4.61. The van der Waals surface area contributed by atoms with E-state index in [0.717, 1.165) is 36.6 Å². The first-order valence-corrected chi connectivity index (χ1v) is 8.62. The standard InChI is InChI=1S/C19H21N3O3/c23-19(21-16-7-10-25-17-4-2-1-3-15(16)17)14-5-6-18(20-13-14)22-8-11-24-12-9-22/h1-6,13,16H,7-12H2,(H,21,23)/t16-/m0/s1. The van der Waals surface area contributed by atoms with Crippen molar-refractivity contribution in [1.82, 2.24) is 10.3 Å². The van der Waals surface area contributed by atoms with E-state index in [1.54, 1.807) is 6.20 Å². The molecule has 2 aliphatic rings. The van der Waals surface area contributed by atoms with Crippen molar-refractivity contribution in [3.05, 3.63) is 53.7 Å². The Labute approximate surface area is 146 Å². The Morgan fingerprint density at radius 2 is 1.96 bits per heavy atom. The van der Waals surface area contributed by atoms with Gasteiger partial charge in [0.15, 0.2) is 0 Å². The Bertz CT molecular complexity index is 742. The fourth-order valence-electron chi connectivity index (χ4n) is 3.23. The van der Waals surface area contributed by atoms with Crippen LogP contribution < -0.4 is 15.0 Å². The van der Waals surface area contributed by atoms with Crippen molar-refractivity contribution in [2.75, 3.05) is 37.8 Å². The number of hydrogen-bond acceptors (Lipinski definition) is 5. The molecule has 1 aromatic carbocycles. The summed E-state index contributed by atoms with van der Waals surface area (Å²) in [6.45, 7) is 3.70. The molecule has 0 saturated carbocycles. The number of aromatic nitrogens is 1. The molecule has 25 heavy (non-hydrogen) atoms. The molecule has 1 amide bonds. The van der Waals surface area contributed by atoms with E-state index in [1.807, 2.05) is 36.4 Å². The van der Waals surface area contributed by atoms with Crippen LogP contribution in [-0.4, -0.2) is 43.8 Å². The van der Waals surface area contributed by atoms with Crippen LogP contribution in [0.15, 0.2) is 42.6 Å². The van der Waals surface area contributed by atoms with Crippen LogP contribution in [0.2, 0.25) is 0 Å². The summed E-state index contributed by atoms with van der Waals surface area (Å²) >= 11 is 0. The zero-order valence-corrected chi connectivity index (χ0v) is 14.0. The molecule has 0 aliphatic carbocycles. The SMILES string of the molecule is O=C(N[C@H]1CCOc2ccccc21)c1ccc(N2CCOCC2)nc1. The fourth-order valence-corrected chi connectivity index (χ4v) is 3.23. The number of benzene rings is 1. The van der Waals surface area contributed by atoms with Gasteiger partial charge in [0.1, 0.15) is 11.6 Å². The third-order valence-corrected chi connectivity index (χ3v) is 4.61. The van der Waals surface area contributed by atoms with E-state index >= 15 is 0 Å². The van der Waals surface area contributed by atoms with Crippen LogP contribution in [0.3, 0.4) is 0 Å². The van der Waals surface area contributed by atoms with Gasteiger partial charge in [-0.25, -0.2) is 4.98 Å². The summed E-state index contributed by atoms with van der Waals surface area (Å²) in [7, 11) is 0. The number of morpholine rings is 1. The Hall–Kier alpha value is -2.60. The van der Waals surface area contributed by atoms with Gasteiger partial charge in [-0.05, 0) is 18.2 Å². The molecule has 1 fully saturated rings. The zero-order chi connectivity index (χ0) is 17.1. The topological polar surface area (TPSA) is 63.7 Å². The van der Waals surface area contributed by atoms with E-state index in [-0.39, 0.29) is 11.9 Å². The monoisotopic (exact) mass is 339 g/mol. The smallest absolute Gasteiger partial charge is 0.253 e. The van der Waals surface area contributed by atoms with Crippen LogP contribution in [0.5, 0.6) is 5.75 Å². The molecule has 2 aliphatic heterocycles. The molecule has 2 aromatic rings. The number of ether oxygens (including phenoxy) is 2. The highest BCUT2D eigenvalue weighted by Crippen LogP contribution is 2.31. The van der Waals surface area contributed by atoms with Crippen molar-refractivity contribution in [3.63, 3.8) is 0 Å². The van der Waals surface area contributed by atoms with Gasteiger partial charge in [0, 0.05) is 31.3 Å². The number of carbonyl (C=O) groups is 1. The molecule has 6 nitrogen and oxygen atoms in total. The molecule has 1 atom stereocenters. The second-order valence-corrected chi connectivity index (χ2v) is 6.21. The minimum Gasteiger partial charge on any atom is -0.493 e. The van der Waals surface area contributed by atoms with E-state index in [0.29, 0.717) is 25.4 Å². The van der Waals surface area contributed by atoms with Gasteiger partial charge < -0.3 is 19.7 Å². The molecule has 4 rings (SSSR count). The van der Waals surface area contributed by atoms with Gasteiger partial charge in [-0.3, -0.25) is 4.79 Å². The van der Waals surface area contributed by atoms with E-state index < -0.39 is 0 Å². The molecule has 0 bridgehead atoms. The van der Waals surface area contributed by atoms with Crippen molar-refractivity contribution < 1.29 is 14.3 Å². The average molecular weight is 339 g/mol. The maximum absolute atomic E-state index is 12.6. The summed E-state index contributed by atoms with van der Waals surface area (Å²) in [4.78, 5) is 19.2. The van der Waals surface area contributed by atoms with Gasteiger partial charge >= 0.3 is 0 Å². The van der Waals surface area contributed by atoms with Crippen LogP contribution in [0.1, 0.15) is 28.4 Å². The lowest BCUT2D eigenvalue weighted by atomic mass is 10.0. The second kappa shape index (κ2) is 7.11. The van der Waals surface area contributed by atoms with E-state index in [2.05, 4.69) is 15.2 Å². The van der Waals surface area contributed by atoms with Gasteiger partial charge in [-0.2, -0.15) is 0 Å². The zero-order valence-electron chi connectivity index (χ0n) is 14.0. The largest absolute Gasteiger partial charge is 0.493 e. The molecule has 0 unspecified atom stereocenters. The number of anilines is 1. The highest BCUT2D eigenvalue weighted by molar-refractivity contribution is 5.94. The summed E-state index contributed by atoms with van der Waals surface area (Å²) in [5.41, 5.74) is 1.60. The van der Waals surface area contributed by atoms with Crippen molar-refractivity contribution >= 4 is 11.7 Å². The van der Waals surface area contributed by atoms with Crippen LogP contribution in [0, 0.1) is 0 Å². The molecule has 0 radical (unpaired) electrons. The maximum Gasteiger partial charge on any atom is 0.253 e. The van der Waals surface area contributed by atoms with Crippen LogP contribution in [-0.2, 0) is 4.74 Å². The minimum atomic E-state index is -0.109. The molecule has 3 heterocycles. The summed E-state index contributed by atoms with van der Waals surface area (Å²) in [5, 5.41) is 3.10. The van der Waals surface area contributed by atoms with Crippen LogP contribution in [0.4, 0.5) is 5.82 Å². The number of nitrogens with one attached hydrogen (secondary N) is 1. The summed E-state index contributed by atoms with van der Waals surface area (Å²) in [6, 6.07) is 11.5. The first-order chi connectivity index (χ1) is 12.3. The van der Waals surface area contributed by atoms with E-state index in [4.69, 9.17) is 9.47 Å². The lowest BCUT2D eigenvalue weighted by Gasteiger charge is -2.28. The highest BCUT2D eigenvalue weighted by Gasteiger charge is 2.23. The van der Waals surface area contributed by atoms with Crippen LogP contribution >= 0.6 is 0 Å². The molecular weight excluding hydrogens is 318 g/mol. The third kappa shape index (κ3) is 3.44. The summed E-state index contributed by atoms with van der Waals surface area (Å²) in [5.74, 6) is 1.62. The maximum atomic E-state index is 12.6. The number of nitrogens with zero attached hydrogens (tertiary/aromatic N) is 2. The Morgan fingerprint density at radius 1 is 1.12 bits per heavy atom. The van der Waals surface area contributed by atoms with Gasteiger partial charge in [0.25, 0.3) is 5.91 Å². The molecule has 1 N–H and O–H groups in total. The molecular formula is C19H21N3O3. The number of carbonyl (C=O) groups excluding carboxylic acids is 1. The van der Waals surface area contributed by atoms with Gasteiger partial charge in [-0.1, -0.05) is 18.2 Å². The van der Waals surface area contributed by atoms with Gasteiger partial charge in [0.2, 0.25) is 0 Å². The summed E-state index contributed by atoms with van der Waals surface area (Å²) in [6.07, 6.45) is 2.41. The average Bonchev–Trinajstić information content (AvgIpc) is 2.69. The number of amides is 1. The first-order valence-electron chi connectivity index (χ1n) is 8.62. The van der Waals surface area contributed by atoms with Crippen molar-refractivity contribution in [1.29, 1.82) is 0 Å². The molecule has 1 saturated heterocycles. The highest BCUT2D eigenvalue weighted by atomic mass is 16.5. The normalized spacial score (nSPS) is 19.7. The molecule has 6 heteroatoms. The van der Waals surface area contributed by atoms with Crippen molar-refractivity contribution in [2.24, 2.45) is 0 Å². The Morgan fingerprint density at radius 3 is 2.76 bits per heavy atom. The lowest BCUT2D eigenvalue weighted by Crippen LogP contribution is -2.37. The Kier molecular flexibility index (Phi) is 4.52. The number of pyridine rings is 1. The molecule has 0 spiro atoms. The number of rotatable bonds is 3. The van der Waals surface area contributed by atoms with E-state index in [1.165, 1.54) is 0 Å². The number of hydrogen-bond donors (Lipinski definition) is 1. The Balaban J connectivity index is 1.45. The number of para-hydroxylation sites is 1. The predicted octanol–water partition coefficient (Wildman–Crippen LogP) is 2.17.